The van der Waals surface area contributed by atoms with Gasteiger partial charge in [0.05, 0.1) is 5.54 Å². The zero-order valence-corrected chi connectivity index (χ0v) is 7.49. The van der Waals surface area contributed by atoms with E-state index in [1.165, 1.54) is 0 Å². The van der Waals surface area contributed by atoms with Gasteiger partial charge in [-0.1, -0.05) is 30.3 Å². The molecule has 13 heavy (non-hydrogen) atoms. The van der Waals surface area contributed by atoms with Crippen LogP contribution in [-0.4, -0.2) is 11.3 Å². The molecule has 1 aromatic carbocycles. The van der Waals surface area contributed by atoms with Gasteiger partial charge in [-0.25, -0.2) is 0 Å². The highest BCUT2D eigenvalue weighted by atomic mass is 16.1. The Balaban J connectivity index is 2.23. The van der Waals surface area contributed by atoms with E-state index in [-0.39, 0.29) is 5.78 Å². The molecule has 1 aliphatic carbocycles. The maximum absolute atomic E-state index is 11.8. The number of hydrogen-bond acceptors (Lipinski definition) is 2. The normalized spacial score (nSPS) is 19.2. The molecule has 0 unspecified atom stereocenters. The number of benzene rings is 1. The molecule has 2 nitrogen and oxygen atoms in total. The van der Waals surface area contributed by atoms with Crippen LogP contribution in [0.3, 0.4) is 0 Å². The van der Waals surface area contributed by atoms with Gasteiger partial charge in [0.25, 0.3) is 0 Å². The second-order valence-electron chi connectivity index (χ2n) is 3.70. The van der Waals surface area contributed by atoms with Crippen LogP contribution in [-0.2, 0) is 0 Å². The van der Waals surface area contributed by atoms with E-state index in [1.807, 2.05) is 30.3 Å². The summed E-state index contributed by atoms with van der Waals surface area (Å²) in [6.07, 6.45) is 2.75. The van der Waals surface area contributed by atoms with Crippen LogP contribution in [0.15, 0.2) is 30.3 Å². The van der Waals surface area contributed by atoms with E-state index in [0.29, 0.717) is 0 Å². The number of hydrogen-bond donors (Lipinski definition) is 1. The highest BCUT2D eigenvalue weighted by molar-refractivity contribution is 6.03. The van der Waals surface area contributed by atoms with Crippen LogP contribution in [0.2, 0.25) is 0 Å². The summed E-state index contributed by atoms with van der Waals surface area (Å²) in [5.74, 6) is 0.0966. The quantitative estimate of drug-likeness (QED) is 0.696. The molecule has 0 radical (unpaired) electrons. The summed E-state index contributed by atoms with van der Waals surface area (Å²) in [6, 6.07) is 9.30. The average Bonchev–Trinajstić information content (AvgIpc) is 2.14. The fourth-order valence-electron chi connectivity index (χ4n) is 1.66. The van der Waals surface area contributed by atoms with Gasteiger partial charge in [-0.3, -0.25) is 4.79 Å². The number of ketones is 1. The Labute approximate surface area is 77.8 Å². The molecule has 0 spiro atoms. The zero-order chi connectivity index (χ0) is 9.31. The molecular weight excluding hydrogens is 162 g/mol. The number of Topliss-reactive ketones (excluding diaryl/α,β-unsaturated/α-hetero) is 1. The molecule has 0 amide bonds. The Morgan fingerprint density at radius 1 is 1.23 bits per heavy atom. The van der Waals surface area contributed by atoms with Gasteiger partial charge >= 0.3 is 0 Å². The van der Waals surface area contributed by atoms with E-state index in [2.05, 4.69) is 0 Å². The van der Waals surface area contributed by atoms with Gasteiger partial charge in [-0.05, 0) is 19.3 Å². The van der Waals surface area contributed by atoms with Crippen LogP contribution in [0.25, 0.3) is 0 Å². The standard InChI is InChI=1S/C11H13NO/c12-11(7-4-8-11)10(13)9-5-2-1-3-6-9/h1-3,5-6H,4,7-8,12H2. The van der Waals surface area contributed by atoms with E-state index >= 15 is 0 Å². The van der Waals surface area contributed by atoms with Crippen molar-refractivity contribution in [1.29, 1.82) is 0 Å². The highest BCUT2D eigenvalue weighted by Crippen LogP contribution is 2.32. The van der Waals surface area contributed by atoms with Gasteiger partial charge in [-0.15, -0.1) is 0 Å². The van der Waals surface area contributed by atoms with E-state index in [1.54, 1.807) is 0 Å². The lowest BCUT2D eigenvalue weighted by Gasteiger charge is -2.36. The Morgan fingerprint density at radius 3 is 2.31 bits per heavy atom. The topological polar surface area (TPSA) is 43.1 Å². The predicted octanol–water partition coefficient (Wildman–Crippen LogP) is 1.75. The Kier molecular flexibility index (Phi) is 1.93. The first-order valence-corrected chi connectivity index (χ1v) is 4.61. The van der Waals surface area contributed by atoms with Crippen molar-refractivity contribution >= 4 is 5.78 Å². The first kappa shape index (κ1) is 8.45. The van der Waals surface area contributed by atoms with E-state index in [9.17, 15) is 4.79 Å². The SMILES string of the molecule is NC1(C(=O)c2ccccc2)CCC1. The smallest absolute Gasteiger partial charge is 0.182 e. The molecule has 2 heteroatoms. The fraction of sp³-hybridized carbons (Fsp3) is 0.364. The van der Waals surface area contributed by atoms with Gasteiger partial charge in [0.15, 0.2) is 5.78 Å². The second kappa shape index (κ2) is 2.96. The maximum atomic E-state index is 11.8. The molecule has 0 aromatic heterocycles. The van der Waals surface area contributed by atoms with Crippen LogP contribution in [0.4, 0.5) is 0 Å². The molecule has 0 saturated heterocycles. The Morgan fingerprint density at radius 2 is 1.85 bits per heavy atom. The molecule has 0 heterocycles. The van der Waals surface area contributed by atoms with Crippen molar-refractivity contribution in [1.82, 2.24) is 0 Å². The number of carbonyl (C=O) groups is 1. The molecule has 68 valence electrons. The van der Waals surface area contributed by atoms with Crippen molar-refractivity contribution in [3.8, 4) is 0 Å². The molecule has 1 saturated carbocycles. The Bertz CT molecular complexity index is 314. The van der Waals surface area contributed by atoms with Gasteiger partial charge in [0.1, 0.15) is 0 Å². The summed E-state index contributed by atoms with van der Waals surface area (Å²) in [4.78, 5) is 11.8. The minimum absolute atomic E-state index is 0.0966. The highest BCUT2D eigenvalue weighted by Gasteiger charge is 2.40. The second-order valence-corrected chi connectivity index (χ2v) is 3.70. The van der Waals surface area contributed by atoms with Crippen molar-refractivity contribution in [3.63, 3.8) is 0 Å². The first-order chi connectivity index (χ1) is 6.22. The van der Waals surface area contributed by atoms with Crippen molar-refractivity contribution in [2.75, 3.05) is 0 Å². The molecule has 2 rings (SSSR count). The molecule has 1 aliphatic rings. The lowest BCUT2D eigenvalue weighted by molar-refractivity contribution is 0.0801. The summed E-state index contributed by atoms with van der Waals surface area (Å²) >= 11 is 0. The zero-order valence-electron chi connectivity index (χ0n) is 7.49. The van der Waals surface area contributed by atoms with Gasteiger partial charge in [-0.2, -0.15) is 0 Å². The van der Waals surface area contributed by atoms with Crippen molar-refractivity contribution in [2.45, 2.75) is 24.8 Å². The van der Waals surface area contributed by atoms with Crippen LogP contribution < -0.4 is 5.73 Å². The fourth-order valence-corrected chi connectivity index (χ4v) is 1.66. The molecule has 0 bridgehead atoms. The van der Waals surface area contributed by atoms with E-state index < -0.39 is 5.54 Å². The molecular formula is C11H13NO. The monoisotopic (exact) mass is 175 g/mol. The van der Waals surface area contributed by atoms with Gasteiger partial charge < -0.3 is 5.73 Å². The number of carbonyl (C=O) groups excluding carboxylic acids is 1. The van der Waals surface area contributed by atoms with Crippen LogP contribution in [0, 0.1) is 0 Å². The number of nitrogens with two attached hydrogens (primary N) is 1. The predicted molar refractivity (Wildman–Crippen MR) is 51.5 cm³/mol. The van der Waals surface area contributed by atoms with Gasteiger partial charge in [0, 0.05) is 5.56 Å². The summed E-state index contributed by atoms with van der Waals surface area (Å²) in [7, 11) is 0. The third-order valence-corrected chi connectivity index (χ3v) is 2.73. The largest absolute Gasteiger partial charge is 0.319 e. The molecule has 2 N–H and O–H groups in total. The van der Waals surface area contributed by atoms with Crippen LogP contribution in [0.5, 0.6) is 0 Å². The third kappa shape index (κ3) is 1.38. The first-order valence-electron chi connectivity index (χ1n) is 4.61. The van der Waals surface area contributed by atoms with Crippen LogP contribution in [0.1, 0.15) is 29.6 Å². The maximum Gasteiger partial charge on any atom is 0.182 e. The lowest BCUT2D eigenvalue weighted by Crippen LogP contribution is -2.53. The average molecular weight is 175 g/mol. The minimum atomic E-state index is -0.554. The summed E-state index contributed by atoms with van der Waals surface area (Å²) in [6.45, 7) is 0. The van der Waals surface area contributed by atoms with E-state index in [4.69, 9.17) is 5.73 Å². The minimum Gasteiger partial charge on any atom is -0.319 e. The van der Waals surface area contributed by atoms with Crippen molar-refractivity contribution in [2.24, 2.45) is 5.73 Å². The van der Waals surface area contributed by atoms with Crippen molar-refractivity contribution < 1.29 is 4.79 Å². The lowest BCUT2D eigenvalue weighted by atomic mass is 9.73. The summed E-state index contributed by atoms with van der Waals surface area (Å²) in [5, 5.41) is 0. The van der Waals surface area contributed by atoms with Gasteiger partial charge in [0.2, 0.25) is 0 Å². The van der Waals surface area contributed by atoms with Crippen molar-refractivity contribution in [3.05, 3.63) is 35.9 Å². The molecule has 0 aliphatic heterocycles. The number of rotatable bonds is 2. The third-order valence-electron chi connectivity index (χ3n) is 2.73. The molecule has 1 fully saturated rings. The molecule has 0 atom stereocenters. The Hall–Kier alpha value is -1.15. The van der Waals surface area contributed by atoms with E-state index in [0.717, 1.165) is 24.8 Å². The molecule has 1 aromatic rings. The summed E-state index contributed by atoms with van der Waals surface area (Å²) in [5.41, 5.74) is 6.12. The van der Waals surface area contributed by atoms with Crippen LogP contribution >= 0.6 is 0 Å². The summed E-state index contributed by atoms with van der Waals surface area (Å²) < 4.78 is 0.